The average Bonchev–Trinajstić information content (AvgIpc) is 3.13. The zero-order valence-electron chi connectivity index (χ0n) is 15.1. The molecule has 2 saturated heterocycles. The molecule has 1 aromatic carbocycles. The molecule has 26 heavy (non-hydrogen) atoms. The van der Waals surface area contributed by atoms with Crippen LogP contribution in [0.5, 0.6) is 0 Å². The van der Waals surface area contributed by atoms with E-state index in [2.05, 4.69) is 20.4 Å². The number of nitrogens with one attached hydrogen (secondary N) is 2. The monoisotopic (exact) mass is 406 g/mol. The molecule has 148 valence electrons. The molecule has 1 amide bonds. The molecular weight excluding hydrogens is 378 g/mol. The minimum atomic E-state index is -0.209. The Balaban J connectivity index is 0.00000169. The SMILES string of the molecule is CC(C(=O)NCC1CCCN1)N1CCN(c2ccc(F)cc2)CC1.Cl.Cl. The Morgan fingerprint density at radius 2 is 1.88 bits per heavy atom. The molecule has 2 atom stereocenters. The zero-order valence-corrected chi connectivity index (χ0v) is 16.8. The molecule has 2 aliphatic heterocycles. The standard InChI is InChI=1S/C18H27FN4O.2ClH/c1-14(18(24)21-13-16-3-2-8-20-16)22-9-11-23(12-10-22)17-6-4-15(19)5-7-17;;/h4-7,14,16,20H,2-3,8-13H2,1H3,(H,21,24);2*1H. The minimum Gasteiger partial charge on any atom is -0.369 e. The van der Waals surface area contributed by atoms with Gasteiger partial charge in [0.05, 0.1) is 6.04 Å². The molecule has 0 radical (unpaired) electrons. The molecule has 8 heteroatoms. The molecule has 2 fully saturated rings. The highest BCUT2D eigenvalue weighted by Crippen LogP contribution is 2.17. The summed E-state index contributed by atoms with van der Waals surface area (Å²) in [6, 6.07) is 6.94. The van der Waals surface area contributed by atoms with Crippen LogP contribution >= 0.6 is 24.8 Å². The first kappa shape index (κ1) is 23.0. The van der Waals surface area contributed by atoms with Crippen molar-refractivity contribution in [1.82, 2.24) is 15.5 Å². The Morgan fingerprint density at radius 3 is 2.46 bits per heavy atom. The summed E-state index contributed by atoms with van der Waals surface area (Å²) < 4.78 is 13.0. The van der Waals surface area contributed by atoms with Crippen molar-refractivity contribution in [1.29, 1.82) is 0 Å². The van der Waals surface area contributed by atoms with Gasteiger partial charge in [-0.25, -0.2) is 4.39 Å². The number of piperazine rings is 1. The molecular formula is C18H29Cl2FN4O. The predicted molar refractivity (Wildman–Crippen MR) is 108 cm³/mol. The summed E-state index contributed by atoms with van der Waals surface area (Å²) in [5, 5.41) is 6.47. The maximum absolute atomic E-state index is 13.0. The number of halogens is 3. The number of hydrogen-bond donors (Lipinski definition) is 2. The average molecular weight is 407 g/mol. The predicted octanol–water partition coefficient (Wildman–Crippen LogP) is 2.05. The Bertz CT molecular complexity index is 547. The van der Waals surface area contributed by atoms with Crippen LogP contribution in [0.1, 0.15) is 19.8 Å². The number of rotatable bonds is 5. The zero-order chi connectivity index (χ0) is 16.9. The van der Waals surface area contributed by atoms with Gasteiger partial charge in [-0.1, -0.05) is 0 Å². The van der Waals surface area contributed by atoms with Crippen LogP contribution in [0.4, 0.5) is 10.1 Å². The van der Waals surface area contributed by atoms with E-state index < -0.39 is 0 Å². The van der Waals surface area contributed by atoms with Crippen LogP contribution in [0.3, 0.4) is 0 Å². The van der Waals surface area contributed by atoms with Crippen molar-refractivity contribution in [2.45, 2.75) is 31.8 Å². The molecule has 1 aromatic rings. The van der Waals surface area contributed by atoms with Gasteiger partial charge in [-0.15, -0.1) is 24.8 Å². The maximum Gasteiger partial charge on any atom is 0.237 e. The summed E-state index contributed by atoms with van der Waals surface area (Å²) in [6.45, 7) is 7.15. The molecule has 0 bridgehead atoms. The van der Waals surface area contributed by atoms with Crippen molar-refractivity contribution >= 4 is 36.4 Å². The fourth-order valence-corrected chi connectivity index (χ4v) is 3.49. The van der Waals surface area contributed by atoms with E-state index in [1.807, 2.05) is 19.1 Å². The molecule has 0 spiro atoms. The third-order valence-electron chi connectivity index (χ3n) is 5.12. The Labute approximate surface area is 167 Å². The van der Waals surface area contributed by atoms with Gasteiger partial charge < -0.3 is 15.5 Å². The normalized spacial score (nSPS) is 21.5. The van der Waals surface area contributed by atoms with Gasteiger partial charge >= 0.3 is 0 Å². The number of carbonyl (C=O) groups excluding carboxylic acids is 1. The summed E-state index contributed by atoms with van der Waals surface area (Å²) in [4.78, 5) is 16.8. The highest BCUT2D eigenvalue weighted by atomic mass is 35.5. The van der Waals surface area contributed by atoms with E-state index in [4.69, 9.17) is 0 Å². The summed E-state index contributed by atoms with van der Waals surface area (Å²) in [7, 11) is 0. The number of amides is 1. The topological polar surface area (TPSA) is 47.6 Å². The van der Waals surface area contributed by atoms with Gasteiger partial charge in [0, 0.05) is 44.5 Å². The highest BCUT2D eigenvalue weighted by Gasteiger charge is 2.26. The van der Waals surface area contributed by atoms with Crippen LogP contribution < -0.4 is 15.5 Å². The molecule has 0 aliphatic carbocycles. The van der Waals surface area contributed by atoms with E-state index in [9.17, 15) is 9.18 Å². The van der Waals surface area contributed by atoms with Crippen molar-refractivity contribution in [3.63, 3.8) is 0 Å². The fourth-order valence-electron chi connectivity index (χ4n) is 3.49. The second-order valence-corrected chi connectivity index (χ2v) is 6.71. The fraction of sp³-hybridized carbons (Fsp3) is 0.611. The number of benzene rings is 1. The first-order chi connectivity index (χ1) is 11.6. The van der Waals surface area contributed by atoms with Gasteiger partial charge in [-0.2, -0.15) is 0 Å². The highest BCUT2D eigenvalue weighted by molar-refractivity contribution is 5.85. The molecule has 5 nitrogen and oxygen atoms in total. The van der Waals surface area contributed by atoms with E-state index in [1.165, 1.54) is 18.6 Å². The minimum absolute atomic E-state index is 0. The summed E-state index contributed by atoms with van der Waals surface area (Å²) >= 11 is 0. The van der Waals surface area contributed by atoms with E-state index in [1.54, 1.807) is 0 Å². The van der Waals surface area contributed by atoms with Crippen LogP contribution in [0.25, 0.3) is 0 Å². The van der Waals surface area contributed by atoms with Gasteiger partial charge in [0.15, 0.2) is 0 Å². The molecule has 2 N–H and O–H groups in total. The first-order valence-corrected chi connectivity index (χ1v) is 8.89. The smallest absolute Gasteiger partial charge is 0.237 e. The summed E-state index contributed by atoms with van der Waals surface area (Å²) in [5.74, 6) is -0.0987. The maximum atomic E-state index is 13.0. The van der Waals surface area contributed by atoms with Crippen molar-refractivity contribution in [3.8, 4) is 0 Å². The van der Waals surface area contributed by atoms with Gasteiger partial charge in [-0.3, -0.25) is 9.69 Å². The number of nitrogens with zero attached hydrogens (tertiary/aromatic N) is 2. The Morgan fingerprint density at radius 1 is 1.23 bits per heavy atom. The molecule has 3 rings (SSSR count). The largest absolute Gasteiger partial charge is 0.369 e. The van der Waals surface area contributed by atoms with E-state index in [0.29, 0.717) is 6.04 Å². The Hall–Kier alpha value is -1.08. The van der Waals surface area contributed by atoms with E-state index in [-0.39, 0.29) is 42.6 Å². The third-order valence-corrected chi connectivity index (χ3v) is 5.12. The lowest BCUT2D eigenvalue weighted by molar-refractivity contribution is -0.126. The van der Waals surface area contributed by atoms with Gasteiger partial charge in [0.25, 0.3) is 0 Å². The van der Waals surface area contributed by atoms with E-state index in [0.717, 1.165) is 51.4 Å². The van der Waals surface area contributed by atoms with Crippen LogP contribution in [0.2, 0.25) is 0 Å². The lowest BCUT2D eigenvalue weighted by atomic mass is 10.2. The number of hydrogen-bond acceptors (Lipinski definition) is 4. The van der Waals surface area contributed by atoms with E-state index >= 15 is 0 Å². The van der Waals surface area contributed by atoms with Crippen molar-refractivity contribution in [3.05, 3.63) is 30.1 Å². The summed E-state index contributed by atoms with van der Waals surface area (Å²) in [6.07, 6.45) is 2.34. The quantitative estimate of drug-likeness (QED) is 0.785. The summed E-state index contributed by atoms with van der Waals surface area (Å²) in [5.41, 5.74) is 1.04. The molecule has 0 aromatic heterocycles. The lowest BCUT2D eigenvalue weighted by Crippen LogP contribution is -2.54. The van der Waals surface area contributed by atoms with Crippen molar-refractivity contribution in [2.24, 2.45) is 0 Å². The van der Waals surface area contributed by atoms with Crippen LogP contribution in [0, 0.1) is 5.82 Å². The molecule has 2 aliphatic rings. The second-order valence-electron chi connectivity index (χ2n) is 6.71. The third kappa shape index (κ3) is 5.98. The van der Waals surface area contributed by atoms with Gasteiger partial charge in [0.2, 0.25) is 5.91 Å². The van der Waals surface area contributed by atoms with Crippen LogP contribution in [-0.2, 0) is 4.79 Å². The molecule has 2 heterocycles. The first-order valence-electron chi connectivity index (χ1n) is 8.89. The van der Waals surface area contributed by atoms with Gasteiger partial charge in [-0.05, 0) is 50.6 Å². The van der Waals surface area contributed by atoms with Crippen LogP contribution in [-0.4, -0.2) is 62.2 Å². The second kappa shape index (κ2) is 10.9. The number of carbonyl (C=O) groups is 1. The van der Waals surface area contributed by atoms with Crippen LogP contribution in [0.15, 0.2) is 24.3 Å². The van der Waals surface area contributed by atoms with Crippen molar-refractivity contribution in [2.75, 3.05) is 44.2 Å². The number of anilines is 1. The van der Waals surface area contributed by atoms with Gasteiger partial charge in [0.1, 0.15) is 5.82 Å². The molecule has 2 unspecified atom stereocenters. The Kier molecular flexibility index (Phi) is 9.64. The van der Waals surface area contributed by atoms with Crippen molar-refractivity contribution < 1.29 is 9.18 Å². The lowest BCUT2D eigenvalue weighted by Gasteiger charge is -2.38. The molecule has 0 saturated carbocycles.